The number of hydrogen-bond donors (Lipinski definition) is 0. The minimum atomic E-state index is -0.567. The van der Waals surface area contributed by atoms with Crippen LogP contribution < -0.4 is 0 Å². The van der Waals surface area contributed by atoms with E-state index in [1.54, 1.807) is 18.2 Å². The highest BCUT2D eigenvalue weighted by molar-refractivity contribution is 5.65. The lowest BCUT2D eigenvalue weighted by molar-refractivity contribution is -0.402. The van der Waals surface area contributed by atoms with Gasteiger partial charge in [-0.05, 0) is 37.3 Å². The van der Waals surface area contributed by atoms with E-state index in [1.165, 1.54) is 6.07 Å². The van der Waals surface area contributed by atoms with E-state index in [2.05, 4.69) is 4.98 Å². The molecule has 5 heteroatoms. The molecule has 0 radical (unpaired) electrons. The Labute approximate surface area is 97.6 Å². The molecule has 0 aromatic carbocycles. The van der Waals surface area contributed by atoms with E-state index in [9.17, 15) is 10.1 Å². The molecule has 2 aromatic rings. The van der Waals surface area contributed by atoms with Crippen LogP contribution in [0.2, 0.25) is 0 Å². The summed E-state index contributed by atoms with van der Waals surface area (Å²) in [5, 5.41) is 10.4. The number of nitro groups is 1. The van der Waals surface area contributed by atoms with Crippen LogP contribution in [0.15, 0.2) is 34.7 Å². The summed E-state index contributed by atoms with van der Waals surface area (Å²) in [5.41, 5.74) is 1.70. The van der Waals surface area contributed by atoms with Gasteiger partial charge in [-0.3, -0.25) is 15.1 Å². The Morgan fingerprint density at radius 2 is 2.12 bits per heavy atom. The number of furan rings is 1. The lowest BCUT2D eigenvalue weighted by atomic mass is 10.3. The van der Waals surface area contributed by atoms with Crippen LogP contribution in [-0.2, 0) is 0 Å². The van der Waals surface area contributed by atoms with E-state index in [1.807, 2.05) is 25.1 Å². The van der Waals surface area contributed by atoms with Gasteiger partial charge in [0.2, 0.25) is 0 Å². The van der Waals surface area contributed by atoms with E-state index in [0.717, 1.165) is 11.4 Å². The first-order chi connectivity index (χ1) is 8.15. The first kappa shape index (κ1) is 11.1. The van der Waals surface area contributed by atoms with Crippen molar-refractivity contribution in [3.8, 4) is 0 Å². The minimum absolute atomic E-state index is 0.262. The quantitative estimate of drug-likeness (QED) is 0.600. The maximum atomic E-state index is 10.4. The van der Waals surface area contributed by atoms with Crippen LogP contribution in [0.3, 0.4) is 0 Å². The summed E-state index contributed by atoms with van der Waals surface area (Å²) in [6, 6.07) is 8.51. The van der Waals surface area contributed by atoms with Gasteiger partial charge in [0.05, 0.1) is 11.8 Å². The zero-order chi connectivity index (χ0) is 12.3. The van der Waals surface area contributed by atoms with Gasteiger partial charge < -0.3 is 4.42 Å². The largest absolute Gasteiger partial charge is 0.433 e. The molecule has 2 rings (SSSR count). The van der Waals surface area contributed by atoms with Crippen LogP contribution in [0.5, 0.6) is 0 Å². The highest BCUT2D eigenvalue weighted by atomic mass is 16.6. The SMILES string of the molecule is Cc1cccc(C=Cc2ccc([N+](=O)[O-])o2)n1. The van der Waals surface area contributed by atoms with Gasteiger partial charge in [-0.25, -0.2) is 0 Å². The summed E-state index contributed by atoms with van der Waals surface area (Å²) in [4.78, 5) is 14.1. The van der Waals surface area contributed by atoms with Crippen molar-refractivity contribution in [2.75, 3.05) is 0 Å². The van der Waals surface area contributed by atoms with Crippen LogP contribution in [0.1, 0.15) is 17.1 Å². The molecule has 0 saturated heterocycles. The molecule has 0 bridgehead atoms. The van der Waals surface area contributed by atoms with E-state index in [4.69, 9.17) is 4.42 Å². The zero-order valence-electron chi connectivity index (χ0n) is 9.16. The van der Waals surface area contributed by atoms with Gasteiger partial charge in [0.15, 0.2) is 0 Å². The normalized spacial score (nSPS) is 10.9. The van der Waals surface area contributed by atoms with Gasteiger partial charge in [0.25, 0.3) is 0 Å². The second-order valence-electron chi connectivity index (χ2n) is 3.47. The molecule has 2 heterocycles. The van der Waals surface area contributed by atoms with Crippen molar-refractivity contribution < 1.29 is 9.34 Å². The smallest absolute Gasteiger partial charge is 0.401 e. The van der Waals surface area contributed by atoms with E-state index < -0.39 is 4.92 Å². The molecule has 0 aliphatic rings. The molecule has 0 amide bonds. The highest BCUT2D eigenvalue weighted by Crippen LogP contribution is 2.17. The lowest BCUT2D eigenvalue weighted by Crippen LogP contribution is -1.83. The molecular formula is C12H10N2O3. The fourth-order valence-corrected chi connectivity index (χ4v) is 1.35. The number of nitrogens with zero attached hydrogens (tertiary/aromatic N) is 2. The molecule has 86 valence electrons. The fourth-order valence-electron chi connectivity index (χ4n) is 1.35. The Morgan fingerprint density at radius 3 is 2.76 bits per heavy atom. The second-order valence-corrected chi connectivity index (χ2v) is 3.47. The molecule has 0 aliphatic carbocycles. The Hall–Kier alpha value is -2.43. The average Bonchev–Trinajstić information content (AvgIpc) is 2.75. The molecular weight excluding hydrogens is 220 g/mol. The zero-order valence-corrected chi connectivity index (χ0v) is 9.16. The van der Waals surface area contributed by atoms with Gasteiger partial charge in [-0.15, -0.1) is 0 Å². The topological polar surface area (TPSA) is 69.2 Å². The maximum absolute atomic E-state index is 10.4. The van der Waals surface area contributed by atoms with Crippen molar-refractivity contribution in [1.82, 2.24) is 4.98 Å². The Morgan fingerprint density at radius 1 is 1.29 bits per heavy atom. The highest BCUT2D eigenvalue weighted by Gasteiger charge is 2.09. The molecule has 5 nitrogen and oxygen atoms in total. The van der Waals surface area contributed by atoms with Crippen molar-refractivity contribution in [2.24, 2.45) is 0 Å². The van der Waals surface area contributed by atoms with Gasteiger partial charge in [0, 0.05) is 5.69 Å². The number of hydrogen-bond acceptors (Lipinski definition) is 4. The molecule has 0 saturated carbocycles. The van der Waals surface area contributed by atoms with E-state index >= 15 is 0 Å². The molecule has 0 atom stereocenters. The summed E-state index contributed by atoms with van der Waals surface area (Å²) in [6.07, 6.45) is 3.39. The average molecular weight is 230 g/mol. The number of pyridine rings is 1. The first-order valence-corrected chi connectivity index (χ1v) is 5.01. The predicted molar refractivity (Wildman–Crippen MR) is 63.3 cm³/mol. The summed E-state index contributed by atoms with van der Waals surface area (Å²) in [6.45, 7) is 1.90. The Kier molecular flexibility index (Phi) is 3.00. The van der Waals surface area contributed by atoms with Crippen LogP contribution >= 0.6 is 0 Å². The van der Waals surface area contributed by atoms with Crippen molar-refractivity contribution in [3.63, 3.8) is 0 Å². The van der Waals surface area contributed by atoms with E-state index in [0.29, 0.717) is 5.76 Å². The number of aromatic nitrogens is 1. The monoisotopic (exact) mass is 230 g/mol. The van der Waals surface area contributed by atoms with Crippen molar-refractivity contribution in [1.29, 1.82) is 0 Å². The summed E-state index contributed by atoms with van der Waals surface area (Å²) in [5.74, 6) is 0.168. The summed E-state index contributed by atoms with van der Waals surface area (Å²) in [7, 11) is 0. The van der Waals surface area contributed by atoms with Gasteiger partial charge in [0.1, 0.15) is 10.7 Å². The number of aryl methyl sites for hydroxylation is 1. The third-order valence-electron chi connectivity index (χ3n) is 2.12. The predicted octanol–water partition coefficient (Wildman–Crippen LogP) is 3.06. The molecule has 0 N–H and O–H groups in total. The fraction of sp³-hybridized carbons (Fsp3) is 0.0833. The third kappa shape index (κ3) is 2.78. The molecule has 0 unspecified atom stereocenters. The van der Waals surface area contributed by atoms with Crippen LogP contribution in [0.25, 0.3) is 12.2 Å². The summed E-state index contributed by atoms with van der Waals surface area (Å²) < 4.78 is 4.98. The van der Waals surface area contributed by atoms with Crippen LogP contribution in [0, 0.1) is 17.0 Å². The number of rotatable bonds is 3. The van der Waals surface area contributed by atoms with Crippen molar-refractivity contribution in [2.45, 2.75) is 6.92 Å². The van der Waals surface area contributed by atoms with Crippen LogP contribution in [0.4, 0.5) is 5.88 Å². The van der Waals surface area contributed by atoms with Crippen molar-refractivity contribution >= 4 is 18.0 Å². The van der Waals surface area contributed by atoms with Crippen molar-refractivity contribution in [3.05, 3.63) is 57.6 Å². The molecule has 0 aliphatic heterocycles. The molecule has 2 aromatic heterocycles. The minimum Gasteiger partial charge on any atom is -0.401 e. The van der Waals surface area contributed by atoms with Gasteiger partial charge >= 0.3 is 5.88 Å². The maximum Gasteiger partial charge on any atom is 0.433 e. The molecule has 0 spiro atoms. The first-order valence-electron chi connectivity index (χ1n) is 5.01. The third-order valence-corrected chi connectivity index (χ3v) is 2.12. The molecule has 0 fully saturated rings. The van der Waals surface area contributed by atoms with Gasteiger partial charge in [-0.1, -0.05) is 6.07 Å². The Bertz CT molecular complexity index is 573. The second kappa shape index (κ2) is 4.61. The van der Waals surface area contributed by atoms with Crippen LogP contribution in [-0.4, -0.2) is 9.91 Å². The Balaban J connectivity index is 2.17. The standard InChI is InChI=1S/C12H10N2O3/c1-9-3-2-4-10(13-9)5-6-11-7-8-12(17-11)14(15)16/h2-8H,1H3. The summed E-state index contributed by atoms with van der Waals surface area (Å²) >= 11 is 0. The lowest BCUT2D eigenvalue weighted by Gasteiger charge is -1.93. The van der Waals surface area contributed by atoms with E-state index in [-0.39, 0.29) is 5.88 Å². The van der Waals surface area contributed by atoms with Gasteiger partial charge in [-0.2, -0.15) is 0 Å². The molecule has 17 heavy (non-hydrogen) atoms.